The normalized spacial score (nSPS) is 12.7. The fraction of sp³-hybridized carbons (Fsp3) is 0.267. The van der Waals surface area contributed by atoms with E-state index in [0.717, 1.165) is 22.5 Å². The second-order valence-electron chi connectivity index (χ2n) is 10.7. The highest BCUT2D eigenvalue weighted by Crippen LogP contribution is 2.22. The number of aryl methyl sites for hydroxylation is 1. The number of hydrogen-bond donors (Lipinski definition) is 4. The lowest BCUT2D eigenvalue weighted by Gasteiger charge is -2.28. The van der Waals surface area contributed by atoms with Gasteiger partial charge in [0.25, 0.3) is 15.9 Å². The Morgan fingerprint density at radius 1 is 1.07 bits per heavy atom. The summed E-state index contributed by atoms with van der Waals surface area (Å²) in [6, 6.07) is 20.4. The summed E-state index contributed by atoms with van der Waals surface area (Å²) in [5.41, 5.74) is 4.45. The van der Waals surface area contributed by atoms with Crippen LogP contribution in [-0.2, 0) is 23.1 Å². The Balaban J connectivity index is 1.15. The number of β-amino-alcohol motifs (C(OH)–C–C–N with tert-alkyl or cyclic N) is 1. The summed E-state index contributed by atoms with van der Waals surface area (Å²) in [7, 11) is -3.73. The Morgan fingerprint density at radius 3 is 2.65 bits per heavy atom. The SMILES string of the molecule is CC(C)(CCn1cnc2cc(C(=O)NCc3nncs3)ccc21)NC[C@H](O)c1cccc(NS(=O)(=O)c2ccccc2)c1. The van der Waals surface area contributed by atoms with Gasteiger partial charge in [0.15, 0.2) is 0 Å². The monoisotopic (exact) mass is 619 g/mol. The number of aliphatic hydroxyl groups is 1. The molecule has 0 fully saturated rings. The van der Waals surface area contributed by atoms with Gasteiger partial charge in [-0.1, -0.05) is 30.3 Å². The molecule has 43 heavy (non-hydrogen) atoms. The number of aliphatic hydroxyl groups excluding tert-OH is 1. The van der Waals surface area contributed by atoms with E-state index in [1.807, 2.05) is 10.6 Å². The van der Waals surface area contributed by atoms with Crippen LogP contribution in [0.3, 0.4) is 0 Å². The Bertz CT molecular complexity index is 1790. The van der Waals surface area contributed by atoms with Crippen molar-refractivity contribution in [2.24, 2.45) is 0 Å². The zero-order valence-corrected chi connectivity index (χ0v) is 25.4. The van der Waals surface area contributed by atoms with Crippen LogP contribution >= 0.6 is 11.3 Å². The van der Waals surface area contributed by atoms with Crippen LogP contribution < -0.4 is 15.4 Å². The molecule has 0 unspecified atom stereocenters. The number of nitrogens with one attached hydrogen (secondary N) is 3. The molecule has 13 heteroatoms. The number of aromatic nitrogens is 4. The molecule has 0 bridgehead atoms. The number of rotatable bonds is 13. The lowest BCUT2D eigenvalue weighted by Crippen LogP contribution is -2.42. The molecule has 5 aromatic rings. The molecular weight excluding hydrogens is 587 g/mol. The van der Waals surface area contributed by atoms with E-state index in [0.29, 0.717) is 29.9 Å². The summed E-state index contributed by atoms with van der Waals surface area (Å²) in [4.78, 5) is 17.2. The van der Waals surface area contributed by atoms with Crippen molar-refractivity contribution in [2.75, 3.05) is 11.3 Å². The number of carbonyl (C=O) groups excluding carboxylic acids is 1. The molecule has 1 atom stereocenters. The van der Waals surface area contributed by atoms with Crippen molar-refractivity contribution in [3.05, 3.63) is 101 Å². The summed E-state index contributed by atoms with van der Waals surface area (Å²) in [5.74, 6) is -0.199. The smallest absolute Gasteiger partial charge is 0.261 e. The van der Waals surface area contributed by atoms with E-state index in [4.69, 9.17) is 0 Å². The van der Waals surface area contributed by atoms with E-state index in [1.54, 1.807) is 66.4 Å². The average Bonchev–Trinajstić information content (AvgIpc) is 3.68. The largest absolute Gasteiger partial charge is 0.387 e. The summed E-state index contributed by atoms with van der Waals surface area (Å²) >= 11 is 1.38. The fourth-order valence-corrected chi connectivity index (χ4v) is 6.05. The first-order valence-corrected chi connectivity index (χ1v) is 16.0. The maximum absolute atomic E-state index is 12.7. The van der Waals surface area contributed by atoms with Crippen LogP contribution in [0.4, 0.5) is 5.69 Å². The molecule has 0 aliphatic rings. The van der Waals surface area contributed by atoms with E-state index in [9.17, 15) is 18.3 Å². The summed E-state index contributed by atoms with van der Waals surface area (Å²) in [6.07, 6.45) is 1.66. The van der Waals surface area contributed by atoms with E-state index >= 15 is 0 Å². The first kappa shape index (κ1) is 30.3. The summed E-state index contributed by atoms with van der Waals surface area (Å²) in [6.45, 7) is 5.40. The molecule has 3 aromatic carbocycles. The number of sulfonamides is 1. The molecule has 2 heterocycles. The van der Waals surface area contributed by atoms with Crippen LogP contribution in [0.25, 0.3) is 11.0 Å². The van der Waals surface area contributed by atoms with Crippen LogP contribution in [0.5, 0.6) is 0 Å². The minimum absolute atomic E-state index is 0.168. The van der Waals surface area contributed by atoms with Crippen molar-refractivity contribution < 1.29 is 18.3 Å². The van der Waals surface area contributed by atoms with Gasteiger partial charge in [0.05, 0.1) is 34.9 Å². The second kappa shape index (κ2) is 13.0. The zero-order valence-electron chi connectivity index (χ0n) is 23.8. The van der Waals surface area contributed by atoms with Crippen LogP contribution in [0, 0.1) is 0 Å². The van der Waals surface area contributed by atoms with Gasteiger partial charge in [-0.2, -0.15) is 0 Å². The van der Waals surface area contributed by atoms with Crippen LogP contribution in [0.2, 0.25) is 0 Å². The Kier molecular flexibility index (Phi) is 9.16. The van der Waals surface area contributed by atoms with Crippen LogP contribution in [-0.4, -0.2) is 51.3 Å². The van der Waals surface area contributed by atoms with Gasteiger partial charge in [-0.15, -0.1) is 21.5 Å². The molecule has 0 aliphatic heterocycles. The van der Waals surface area contributed by atoms with Crippen molar-refractivity contribution in [3.63, 3.8) is 0 Å². The van der Waals surface area contributed by atoms with Crippen molar-refractivity contribution >= 4 is 44.0 Å². The maximum atomic E-state index is 12.7. The molecule has 5 rings (SSSR count). The quantitative estimate of drug-likeness (QED) is 0.154. The highest BCUT2D eigenvalue weighted by Gasteiger charge is 2.21. The van der Waals surface area contributed by atoms with E-state index in [-0.39, 0.29) is 22.9 Å². The van der Waals surface area contributed by atoms with Crippen LogP contribution in [0.15, 0.2) is 89.5 Å². The zero-order chi connectivity index (χ0) is 30.5. The number of hydrogen-bond acceptors (Lipinski definition) is 9. The third kappa shape index (κ3) is 7.82. The van der Waals surface area contributed by atoms with Crippen molar-refractivity contribution in [1.29, 1.82) is 0 Å². The van der Waals surface area contributed by atoms with E-state index in [1.165, 1.54) is 23.5 Å². The van der Waals surface area contributed by atoms with Crippen LogP contribution in [0.1, 0.15) is 47.3 Å². The average molecular weight is 620 g/mol. The number of benzene rings is 3. The lowest BCUT2D eigenvalue weighted by atomic mass is 9.99. The highest BCUT2D eigenvalue weighted by molar-refractivity contribution is 7.92. The number of carbonyl (C=O) groups is 1. The van der Waals surface area contributed by atoms with E-state index in [2.05, 4.69) is 44.4 Å². The Morgan fingerprint density at radius 2 is 1.88 bits per heavy atom. The number of amides is 1. The molecule has 11 nitrogen and oxygen atoms in total. The van der Waals surface area contributed by atoms with Gasteiger partial charge < -0.3 is 20.3 Å². The minimum Gasteiger partial charge on any atom is -0.387 e. The molecule has 4 N–H and O–H groups in total. The number of anilines is 1. The molecule has 0 radical (unpaired) electrons. The Hall–Kier alpha value is -4.17. The second-order valence-corrected chi connectivity index (χ2v) is 13.3. The van der Waals surface area contributed by atoms with Crippen molar-refractivity contribution in [2.45, 2.75) is 49.9 Å². The first-order valence-electron chi connectivity index (χ1n) is 13.7. The van der Waals surface area contributed by atoms with Gasteiger partial charge in [-0.05, 0) is 68.3 Å². The number of nitrogens with zero attached hydrogens (tertiary/aromatic N) is 4. The standard InChI is InChI=1S/C30H33N7O4S2/c1-30(2,33-17-27(38)21-7-6-8-23(15-21)36-43(40,41)24-9-4-3-5-10-24)13-14-37-19-32-25-16-22(11-12-26(25)37)29(39)31-18-28-35-34-20-42-28/h3-12,15-16,19-20,27,33,36,38H,13-14,17-18H2,1-2H3,(H,31,39)/t27-/m0/s1. The third-order valence-corrected chi connectivity index (χ3v) is 9.11. The molecule has 224 valence electrons. The van der Waals surface area contributed by atoms with E-state index < -0.39 is 16.1 Å². The number of fused-ring (bicyclic) bond motifs is 1. The molecule has 1 amide bonds. The molecular formula is C30H33N7O4S2. The predicted molar refractivity (Wildman–Crippen MR) is 166 cm³/mol. The Labute approximate surface area is 254 Å². The first-order chi connectivity index (χ1) is 20.6. The number of imidazole rings is 1. The molecule has 2 aromatic heterocycles. The molecule has 0 saturated carbocycles. The summed E-state index contributed by atoms with van der Waals surface area (Å²) < 4.78 is 30.0. The minimum atomic E-state index is -3.73. The highest BCUT2D eigenvalue weighted by atomic mass is 32.2. The fourth-order valence-electron chi connectivity index (χ4n) is 4.52. The van der Waals surface area contributed by atoms with Gasteiger partial charge >= 0.3 is 0 Å². The molecule has 0 spiro atoms. The van der Waals surface area contributed by atoms with Gasteiger partial charge in [0, 0.05) is 29.9 Å². The topological polar surface area (TPSA) is 151 Å². The third-order valence-electron chi connectivity index (χ3n) is 7.02. The van der Waals surface area contributed by atoms with Gasteiger partial charge in [0.2, 0.25) is 0 Å². The van der Waals surface area contributed by atoms with Gasteiger partial charge in [-0.25, -0.2) is 13.4 Å². The lowest BCUT2D eigenvalue weighted by molar-refractivity contribution is 0.0951. The van der Waals surface area contributed by atoms with Crippen molar-refractivity contribution in [3.8, 4) is 0 Å². The summed E-state index contributed by atoms with van der Waals surface area (Å²) in [5, 5.41) is 25.6. The molecule has 0 saturated heterocycles. The van der Waals surface area contributed by atoms with Crippen molar-refractivity contribution in [1.82, 2.24) is 30.4 Å². The van der Waals surface area contributed by atoms with Gasteiger partial charge in [-0.3, -0.25) is 9.52 Å². The maximum Gasteiger partial charge on any atom is 0.261 e. The molecule has 0 aliphatic carbocycles. The van der Waals surface area contributed by atoms with Gasteiger partial charge in [0.1, 0.15) is 10.5 Å². The predicted octanol–water partition coefficient (Wildman–Crippen LogP) is 4.11.